The molecular weight excluding hydrogens is 914 g/mol. The van der Waals surface area contributed by atoms with Crippen molar-refractivity contribution in [2.75, 3.05) is 18.9 Å². The van der Waals surface area contributed by atoms with Gasteiger partial charge in [0.25, 0.3) is 0 Å². The minimum atomic E-state index is -4.62. The maximum Gasteiger partial charge on any atom is 0.530 e. The molecule has 2 N–H and O–H groups in total. The van der Waals surface area contributed by atoms with E-state index in [1.807, 2.05) is 0 Å². The van der Waals surface area contributed by atoms with Crippen LogP contribution in [0.25, 0.3) is 5.52 Å². The summed E-state index contributed by atoms with van der Waals surface area (Å²) in [6, 6.07) is 19.4. The van der Waals surface area contributed by atoms with Gasteiger partial charge in [0.05, 0.1) is 41.7 Å². The molecule has 6 rings (SSSR count). The van der Waals surface area contributed by atoms with Crippen LogP contribution in [0, 0.1) is 22.7 Å². The average Bonchev–Trinajstić information content (AvgIpc) is 3.98. The highest BCUT2D eigenvalue weighted by molar-refractivity contribution is 7.49. The predicted octanol–water partition coefficient (Wildman–Crippen LogP) is 13.2. The van der Waals surface area contributed by atoms with Crippen molar-refractivity contribution < 1.29 is 37.1 Å². The van der Waals surface area contributed by atoms with E-state index in [0.717, 1.165) is 25.7 Å². The standard InChI is InChI=1S/C50H67Cl2N6O8P/c1-4-5-6-7-8-9-10-11-12-13-14-15-16-17-18-19-20-23-40(60-32-38-28-37(31-53)29-39(51)30-38)33-61-67(59,66-44-25-22-21-24-41(44)52)62-35-50(34-54)47-46(63-49(2,3)65-47)45(64-50)42-26-27-43-48(55)56-36-57-58(42)43/h21-22,24-30,36,40,45-47H,4-20,23,32-33,35H2,1-3H3,(H2,55,56,57)/t40-,45+,46?,47?,50-,67?/m1/s1. The van der Waals surface area contributed by atoms with E-state index >= 15 is 0 Å². The van der Waals surface area contributed by atoms with Crippen molar-refractivity contribution in [2.24, 2.45) is 0 Å². The van der Waals surface area contributed by atoms with Gasteiger partial charge in [0.15, 0.2) is 11.6 Å². The molecule has 0 saturated carbocycles. The second kappa shape index (κ2) is 25.7. The van der Waals surface area contributed by atoms with Gasteiger partial charge < -0.3 is 29.2 Å². The summed E-state index contributed by atoms with van der Waals surface area (Å²) in [6.45, 7) is 5.05. The summed E-state index contributed by atoms with van der Waals surface area (Å²) >= 11 is 12.8. The van der Waals surface area contributed by atoms with Crippen LogP contribution in [0.4, 0.5) is 5.82 Å². The third kappa shape index (κ3) is 15.1. The molecule has 17 heteroatoms. The van der Waals surface area contributed by atoms with Crippen molar-refractivity contribution in [1.29, 1.82) is 10.5 Å². The molecule has 67 heavy (non-hydrogen) atoms. The van der Waals surface area contributed by atoms with E-state index < -0.39 is 50.2 Å². The van der Waals surface area contributed by atoms with Crippen molar-refractivity contribution in [3.8, 4) is 17.9 Å². The average molecular weight is 982 g/mol. The lowest BCUT2D eigenvalue weighted by atomic mass is 9.96. The maximum atomic E-state index is 14.9. The second-order valence-corrected chi connectivity index (χ2v) is 20.6. The largest absolute Gasteiger partial charge is 0.530 e. The summed E-state index contributed by atoms with van der Waals surface area (Å²) < 4.78 is 60.3. The molecule has 2 aromatic carbocycles. The number of anilines is 1. The zero-order valence-electron chi connectivity index (χ0n) is 39.2. The summed E-state index contributed by atoms with van der Waals surface area (Å²) in [5.74, 6) is -0.798. The molecule has 0 spiro atoms. The Kier molecular flexibility index (Phi) is 20.2. The Labute approximate surface area is 406 Å². The van der Waals surface area contributed by atoms with Crippen LogP contribution < -0.4 is 10.3 Å². The SMILES string of the molecule is CCCCCCCCCCCCCCCCCCC[C@H](COP(=O)(OC[C@@]1(C#N)O[C@@H](c2ccc3c(N)ncnn23)C2OC(C)(C)OC21)Oc1ccccc1Cl)OCc1cc(Cl)cc(C#N)c1. The van der Waals surface area contributed by atoms with Gasteiger partial charge in [-0.05, 0) is 68.3 Å². The summed E-state index contributed by atoms with van der Waals surface area (Å²) in [7, 11) is -4.62. The van der Waals surface area contributed by atoms with E-state index in [1.165, 1.54) is 89.8 Å². The molecule has 6 atom stereocenters. The molecule has 364 valence electrons. The molecule has 0 bridgehead atoms. The minimum Gasteiger partial charge on any atom is -0.402 e. The molecule has 0 radical (unpaired) electrons. The second-order valence-electron chi connectivity index (χ2n) is 18.1. The van der Waals surface area contributed by atoms with Crippen LogP contribution in [0.5, 0.6) is 5.75 Å². The van der Waals surface area contributed by atoms with E-state index in [-0.39, 0.29) is 29.8 Å². The number of para-hydroxylation sites is 1. The van der Waals surface area contributed by atoms with Gasteiger partial charge in [0.2, 0.25) is 5.60 Å². The van der Waals surface area contributed by atoms with E-state index in [4.69, 9.17) is 61.5 Å². The van der Waals surface area contributed by atoms with Crippen molar-refractivity contribution in [2.45, 2.75) is 179 Å². The number of nitrogens with two attached hydrogens (primary N) is 1. The number of halogens is 2. The summed E-state index contributed by atoms with van der Waals surface area (Å²) in [6.07, 6.45) is 20.0. The first kappa shape index (κ1) is 52.6. The third-order valence-corrected chi connectivity index (χ3v) is 14.2. The number of fused-ring (bicyclic) bond motifs is 2. The molecule has 2 aliphatic rings. The normalized spacial score (nSPS) is 21.1. The van der Waals surface area contributed by atoms with Crippen molar-refractivity contribution in [3.63, 3.8) is 0 Å². The molecular formula is C50H67Cl2N6O8P. The van der Waals surface area contributed by atoms with Crippen LogP contribution in [0.3, 0.4) is 0 Å². The lowest BCUT2D eigenvalue weighted by molar-refractivity contribution is -0.204. The highest BCUT2D eigenvalue weighted by Crippen LogP contribution is 2.55. The Bertz CT molecular complexity index is 2320. The molecule has 0 amide bonds. The summed E-state index contributed by atoms with van der Waals surface area (Å²) in [5, 5.41) is 25.4. The van der Waals surface area contributed by atoms with Crippen LogP contribution >= 0.6 is 31.0 Å². The van der Waals surface area contributed by atoms with Crippen molar-refractivity contribution >= 4 is 42.4 Å². The Morgan fingerprint density at radius 1 is 0.851 bits per heavy atom. The maximum absolute atomic E-state index is 14.9. The lowest BCUT2D eigenvalue weighted by Gasteiger charge is -2.30. The van der Waals surface area contributed by atoms with Gasteiger partial charge in [0.1, 0.15) is 48.6 Å². The van der Waals surface area contributed by atoms with Gasteiger partial charge in [-0.15, -0.1) is 0 Å². The number of nitrogens with zero attached hydrogens (tertiary/aromatic N) is 5. The molecule has 2 fully saturated rings. The molecule has 3 unspecified atom stereocenters. The summed E-state index contributed by atoms with van der Waals surface area (Å²) in [4.78, 5) is 4.08. The predicted molar refractivity (Wildman–Crippen MR) is 259 cm³/mol. The minimum absolute atomic E-state index is 0.0497. The molecule has 4 aromatic rings. The zero-order valence-corrected chi connectivity index (χ0v) is 41.6. The lowest BCUT2D eigenvalue weighted by Crippen LogP contribution is -2.46. The number of phosphoric acid groups is 1. The summed E-state index contributed by atoms with van der Waals surface area (Å²) in [5.41, 5.74) is 6.47. The van der Waals surface area contributed by atoms with Crippen LogP contribution in [0.2, 0.25) is 10.0 Å². The quantitative estimate of drug-likeness (QED) is 0.0385. The Balaban J connectivity index is 1.09. The highest BCUT2D eigenvalue weighted by Gasteiger charge is 2.65. The smallest absolute Gasteiger partial charge is 0.402 e. The number of rotatable bonds is 30. The van der Waals surface area contributed by atoms with Gasteiger partial charge in [-0.3, -0.25) is 9.05 Å². The molecule has 4 heterocycles. The van der Waals surface area contributed by atoms with E-state index in [9.17, 15) is 15.1 Å². The van der Waals surface area contributed by atoms with Gasteiger partial charge in [-0.2, -0.15) is 15.6 Å². The zero-order chi connectivity index (χ0) is 47.7. The third-order valence-electron chi connectivity index (χ3n) is 12.3. The van der Waals surface area contributed by atoms with Gasteiger partial charge in [-0.25, -0.2) is 14.1 Å². The number of benzene rings is 2. The number of unbranched alkanes of at least 4 members (excludes halogenated alkanes) is 16. The van der Waals surface area contributed by atoms with Crippen LogP contribution in [0.1, 0.15) is 159 Å². The fraction of sp³-hybridized carbons (Fsp3) is 0.600. The van der Waals surface area contributed by atoms with Gasteiger partial charge in [0, 0.05) is 5.02 Å². The number of nitrogen functional groups attached to an aromatic ring is 1. The van der Waals surface area contributed by atoms with Gasteiger partial charge >= 0.3 is 7.82 Å². The number of nitriles is 2. The Morgan fingerprint density at radius 3 is 2.15 bits per heavy atom. The molecule has 2 aliphatic heterocycles. The topological polar surface area (TPSA) is 185 Å². The number of hydrogen-bond donors (Lipinski definition) is 1. The Hall–Kier alpha value is -3.79. The first-order valence-electron chi connectivity index (χ1n) is 24.1. The van der Waals surface area contributed by atoms with E-state index in [2.05, 4.69) is 29.1 Å². The fourth-order valence-electron chi connectivity index (χ4n) is 8.79. The van der Waals surface area contributed by atoms with Gasteiger partial charge in [-0.1, -0.05) is 151 Å². The Morgan fingerprint density at radius 2 is 1.51 bits per heavy atom. The van der Waals surface area contributed by atoms with Crippen molar-refractivity contribution in [1.82, 2.24) is 14.6 Å². The van der Waals surface area contributed by atoms with Crippen molar-refractivity contribution in [3.05, 3.63) is 87.8 Å². The van der Waals surface area contributed by atoms with E-state index in [0.29, 0.717) is 33.8 Å². The fourth-order valence-corrected chi connectivity index (χ4v) is 10.6. The number of ether oxygens (including phenoxy) is 4. The number of aromatic nitrogens is 3. The number of phosphoric ester groups is 1. The molecule has 2 saturated heterocycles. The first-order chi connectivity index (χ1) is 32.4. The van der Waals surface area contributed by atoms with Crippen LogP contribution in [0.15, 0.2) is 60.9 Å². The highest BCUT2D eigenvalue weighted by atomic mass is 35.5. The number of hydrogen-bond acceptors (Lipinski definition) is 13. The molecule has 14 nitrogen and oxygen atoms in total. The first-order valence-corrected chi connectivity index (χ1v) is 26.3. The molecule has 2 aromatic heterocycles. The monoisotopic (exact) mass is 980 g/mol. The van der Waals surface area contributed by atoms with Crippen LogP contribution in [-0.2, 0) is 39.2 Å². The van der Waals surface area contributed by atoms with E-state index in [1.54, 1.807) is 73.0 Å². The molecule has 0 aliphatic carbocycles. The van der Waals surface area contributed by atoms with Crippen LogP contribution in [-0.4, -0.2) is 57.5 Å².